The van der Waals surface area contributed by atoms with E-state index in [2.05, 4.69) is 5.32 Å². The molecule has 0 aromatic heterocycles. The number of carbonyl (C=O) groups excluding carboxylic acids is 2. The molecular formula is C38H42ClN3O5S. The van der Waals surface area contributed by atoms with Crippen LogP contribution >= 0.6 is 11.6 Å². The topological polar surface area (TPSA) is 96.0 Å². The molecule has 0 aliphatic heterocycles. The number of hydrogen-bond donors (Lipinski definition) is 1. The minimum atomic E-state index is -4.25. The molecule has 10 heteroatoms. The third-order valence-electron chi connectivity index (χ3n) is 8.89. The summed E-state index contributed by atoms with van der Waals surface area (Å²) >= 11 is 6.48. The molecule has 4 aromatic carbocycles. The third kappa shape index (κ3) is 8.38. The summed E-state index contributed by atoms with van der Waals surface area (Å²) in [5.74, 6) is -0.413. The maximum Gasteiger partial charge on any atom is 0.264 e. The Morgan fingerprint density at radius 1 is 0.917 bits per heavy atom. The van der Waals surface area contributed by atoms with E-state index in [0.29, 0.717) is 5.75 Å². The number of nitrogens with zero attached hydrogens (tertiary/aromatic N) is 2. The van der Waals surface area contributed by atoms with Gasteiger partial charge in [0.1, 0.15) is 18.3 Å². The molecule has 1 saturated carbocycles. The summed E-state index contributed by atoms with van der Waals surface area (Å²) in [5.41, 5.74) is 3.79. The molecule has 4 aromatic rings. The summed E-state index contributed by atoms with van der Waals surface area (Å²) in [4.78, 5) is 30.5. The Morgan fingerprint density at radius 3 is 2.23 bits per heavy atom. The second-order valence-electron chi connectivity index (χ2n) is 12.3. The predicted molar refractivity (Wildman–Crippen MR) is 190 cm³/mol. The van der Waals surface area contributed by atoms with Crippen LogP contribution in [0.1, 0.15) is 47.9 Å². The lowest BCUT2D eigenvalue weighted by Crippen LogP contribution is -2.54. The van der Waals surface area contributed by atoms with E-state index < -0.39 is 28.5 Å². The molecular weight excluding hydrogens is 646 g/mol. The third-order valence-corrected chi connectivity index (χ3v) is 11.0. The molecule has 0 bridgehead atoms. The molecule has 1 aliphatic carbocycles. The lowest BCUT2D eigenvalue weighted by molar-refractivity contribution is -0.140. The number of aryl methyl sites for hydroxylation is 2. The number of hydrogen-bond acceptors (Lipinski definition) is 5. The molecule has 0 heterocycles. The average Bonchev–Trinajstić information content (AvgIpc) is 3.59. The number of amides is 2. The molecule has 1 atom stereocenters. The van der Waals surface area contributed by atoms with Crippen molar-refractivity contribution < 1.29 is 22.7 Å². The quantitative estimate of drug-likeness (QED) is 0.166. The Hall–Kier alpha value is -4.34. The van der Waals surface area contributed by atoms with Gasteiger partial charge in [-0.15, -0.1) is 0 Å². The van der Waals surface area contributed by atoms with Crippen molar-refractivity contribution in [2.45, 2.75) is 69.5 Å². The Morgan fingerprint density at radius 2 is 1.58 bits per heavy atom. The molecule has 0 spiro atoms. The fourth-order valence-electron chi connectivity index (χ4n) is 6.07. The summed E-state index contributed by atoms with van der Waals surface area (Å²) in [5, 5.41) is 3.40. The van der Waals surface area contributed by atoms with Gasteiger partial charge in [0.05, 0.1) is 22.7 Å². The highest BCUT2D eigenvalue weighted by molar-refractivity contribution is 7.92. The van der Waals surface area contributed by atoms with Crippen LogP contribution in [0.4, 0.5) is 5.69 Å². The lowest BCUT2D eigenvalue weighted by Gasteiger charge is -2.34. The van der Waals surface area contributed by atoms with Gasteiger partial charge in [0.2, 0.25) is 11.8 Å². The number of halogens is 1. The van der Waals surface area contributed by atoms with Crippen LogP contribution < -0.4 is 14.4 Å². The highest BCUT2D eigenvalue weighted by Crippen LogP contribution is 2.32. The van der Waals surface area contributed by atoms with E-state index in [1.807, 2.05) is 68.4 Å². The van der Waals surface area contributed by atoms with E-state index in [9.17, 15) is 18.0 Å². The number of nitrogens with one attached hydrogen (secondary N) is 1. The van der Waals surface area contributed by atoms with Crippen molar-refractivity contribution in [3.63, 3.8) is 0 Å². The van der Waals surface area contributed by atoms with E-state index in [0.717, 1.165) is 52.2 Å². The molecule has 5 rings (SSSR count). The van der Waals surface area contributed by atoms with E-state index in [4.69, 9.17) is 16.3 Å². The van der Waals surface area contributed by atoms with Crippen molar-refractivity contribution in [3.05, 3.63) is 124 Å². The lowest BCUT2D eigenvalue weighted by atomic mass is 10.0. The van der Waals surface area contributed by atoms with Gasteiger partial charge in [0.15, 0.2) is 0 Å². The predicted octanol–water partition coefficient (Wildman–Crippen LogP) is 6.86. The summed E-state index contributed by atoms with van der Waals surface area (Å²) in [7, 11) is -2.78. The first-order chi connectivity index (χ1) is 23.1. The van der Waals surface area contributed by atoms with Gasteiger partial charge in [-0.3, -0.25) is 13.9 Å². The number of sulfonamides is 1. The molecule has 48 heavy (non-hydrogen) atoms. The van der Waals surface area contributed by atoms with Crippen molar-refractivity contribution in [3.8, 4) is 5.75 Å². The molecule has 2 amide bonds. The first kappa shape index (κ1) is 35.0. The van der Waals surface area contributed by atoms with Gasteiger partial charge in [0, 0.05) is 19.0 Å². The zero-order chi connectivity index (χ0) is 34.3. The van der Waals surface area contributed by atoms with Gasteiger partial charge in [-0.25, -0.2) is 8.42 Å². The number of methoxy groups -OCH3 is 1. The number of ether oxygens (including phenoxy) is 1. The van der Waals surface area contributed by atoms with E-state index in [-0.39, 0.29) is 40.5 Å². The first-order valence-electron chi connectivity index (χ1n) is 16.2. The van der Waals surface area contributed by atoms with Crippen LogP contribution in [0.15, 0.2) is 102 Å². The highest BCUT2D eigenvalue weighted by Gasteiger charge is 2.36. The maximum atomic E-state index is 14.7. The summed E-state index contributed by atoms with van der Waals surface area (Å²) in [6.07, 6.45) is 4.11. The molecule has 0 radical (unpaired) electrons. The second-order valence-corrected chi connectivity index (χ2v) is 14.6. The molecule has 1 fully saturated rings. The number of anilines is 1. The molecule has 8 nitrogen and oxygen atoms in total. The normalized spacial score (nSPS) is 13.9. The van der Waals surface area contributed by atoms with Crippen LogP contribution in [0.2, 0.25) is 5.02 Å². The fourth-order valence-corrected chi connectivity index (χ4v) is 7.73. The van der Waals surface area contributed by atoms with Gasteiger partial charge in [-0.2, -0.15) is 0 Å². The summed E-state index contributed by atoms with van der Waals surface area (Å²) in [6, 6.07) is 27.4. The number of rotatable bonds is 13. The zero-order valence-corrected chi connectivity index (χ0v) is 29.1. The molecule has 252 valence electrons. The van der Waals surface area contributed by atoms with Crippen molar-refractivity contribution in [1.29, 1.82) is 0 Å². The largest absolute Gasteiger partial charge is 0.495 e. The highest BCUT2D eigenvalue weighted by atomic mass is 35.5. The second kappa shape index (κ2) is 15.7. The number of benzene rings is 4. The molecule has 0 saturated heterocycles. The summed E-state index contributed by atoms with van der Waals surface area (Å²) in [6.45, 7) is 3.37. The summed E-state index contributed by atoms with van der Waals surface area (Å²) < 4.78 is 35.0. The zero-order valence-electron chi connectivity index (χ0n) is 27.6. The van der Waals surface area contributed by atoms with Crippen molar-refractivity contribution in [1.82, 2.24) is 10.2 Å². The maximum absolute atomic E-state index is 14.7. The van der Waals surface area contributed by atoms with Gasteiger partial charge in [0.25, 0.3) is 10.0 Å². The standard InChI is InChI=1S/C38H42ClN3O5S/c1-27-17-20-33(21-18-27)48(45,46)42(32-19-22-36(47-3)34(39)24-32)26-37(43)41(25-30-14-8-7-11-28(30)2)35(23-29-12-5-4-6-13-29)38(44)40-31-15-9-10-16-31/h4-8,11-14,17-22,24,31,35H,9-10,15-16,23,25-26H2,1-3H3,(H,40,44)/t35-/m1/s1. The van der Waals surface area contributed by atoms with E-state index >= 15 is 0 Å². The van der Waals surface area contributed by atoms with Crippen LogP contribution in [-0.4, -0.2) is 50.9 Å². The van der Waals surface area contributed by atoms with Crippen LogP contribution in [-0.2, 0) is 32.6 Å². The Bertz CT molecular complexity index is 1830. The van der Waals surface area contributed by atoms with Crippen molar-refractivity contribution >= 4 is 39.1 Å². The molecule has 0 unspecified atom stereocenters. The van der Waals surface area contributed by atoms with Crippen LogP contribution in [0, 0.1) is 13.8 Å². The van der Waals surface area contributed by atoms with E-state index in [1.165, 1.54) is 30.2 Å². The Labute approximate surface area is 288 Å². The van der Waals surface area contributed by atoms with Gasteiger partial charge in [-0.05, 0) is 73.7 Å². The Kier molecular flexibility index (Phi) is 11.4. The average molecular weight is 688 g/mol. The van der Waals surface area contributed by atoms with Crippen LogP contribution in [0.5, 0.6) is 5.75 Å². The SMILES string of the molecule is COc1ccc(N(CC(=O)N(Cc2ccccc2C)[C@H](Cc2ccccc2)C(=O)NC2CCCC2)S(=O)(=O)c2ccc(C)cc2)cc1Cl. The van der Waals surface area contributed by atoms with Gasteiger partial charge >= 0.3 is 0 Å². The Balaban J connectivity index is 1.59. The monoisotopic (exact) mass is 687 g/mol. The van der Waals surface area contributed by atoms with Crippen LogP contribution in [0.25, 0.3) is 0 Å². The number of carbonyl (C=O) groups is 2. The minimum Gasteiger partial charge on any atom is -0.495 e. The molecule has 1 N–H and O–H groups in total. The van der Waals surface area contributed by atoms with Crippen molar-refractivity contribution in [2.75, 3.05) is 18.0 Å². The molecule has 1 aliphatic rings. The fraction of sp³-hybridized carbons (Fsp3) is 0.316. The van der Waals surface area contributed by atoms with Gasteiger partial charge < -0.3 is 15.0 Å². The van der Waals surface area contributed by atoms with E-state index in [1.54, 1.807) is 24.3 Å². The van der Waals surface area contributed by atoms with Gasteiger partial charge in [-0.1, -0.05) is 96.7 Å². The first-order valence-corrected chi connectivity index (χ1v) is 18.0. The van der Waals surface area contributed by atoms with Crippen molar-refractivity contribution in [2.24, 2.45) is 0 Å². The minimum absolute atomic E-state index is 0.0260. The van der Waals surface area contributed by atoms with Crippen LogP contribution in [0.3, 0.4) is 0 Å². The smallest absolute Gasteiger partial charge is 0.264 e.